The van der Waals surface area contributed by atoms with Crippen LogP contribution in [0.25, 0.3) is 0 Å². The number of nitrogens with zero attached hydrogens (tertiary/aromatic N) is 3. The van der Waals surface area contributed by atoms with Crippen LogP contribution < -0.4 is 5.32 Å². The first-order valence-corrected chi connectivity index (χ1v) is 12.6. The molecule has 5 nitrogen and oxygen atoms in total. The van der Waals surface area contributed by atoms with Gasteiger partial charge < -0.3 is 15.1 Å². The van der Waals surface area contributed by atoms with Crippen LogP contribution in [-0.2, 0) is 5.41 Å². The lowest BCUT2D eigenvalue weighted by Gasteiger charge is -2.34. The number of piperidine rings is 1. The Balaban J connectivity index is 1.34. The highest BCUT2D eigenvalue weighted by Crippen LogP contribution is 2.65. The van der Waals surface area contributed by atoms with E-state index in [0.717, 1.165) is 38.9 Å². The predicted molar refractivity (Wildman–Crippen MR) is 131 cm³/mol. The summed E-state index contributed by atoms with van der Waals surface area (Å²) in [6.45, 7) is 3.69. The average molecular weight is 481 g/mol. The van der Waals surface area contributed by atoms with Crippen molar-refractivity contribution in [2.75, 3.05) is 31.5 Å². The molecule has 178 valence electrons. The summed E-state index contributed by atoms with van der Waals surface area (Å²) in [5.41, 5.74) is 2.48. The minimum Gasteiger partial charge on any atom is -0.320 e. The largest absolute Gasteiger partial charge is 0.322 e. The van der Waals surface area contributed by atoms with E-state index in [2.05, 4.69) is 22.4 Å². The van der Waals surface area contributed by atoms with Crippen molar-refractivity contribution in [3.8, 4) is 6.07 Å². The van der Waals surface area contributed by atoms with E-state index >= 15 is 0 Å². The number of amides is 2. The number of benzene rings is 2. The molecule has 2 saturated carbocycles. The Hall–Kier alpha value is -2.62. The van der Waals surface area contributed by atoms with E-state index < -0.39 is 5.82 Å². The predicted octanol–water partition coefficient (Wildman–Crippen LogP) is 5.79. The van der Waals surface area contributed by atoms with Crippen molar-refractivity contribution in [2.24, 2.45) is 5.92 Å². The molecule has 3 fully saturated rings. The molecule has 1 N–H and O–H groups in total. The van der Waals surface area contributed by atoms with Crippen molar-refractivity contribution in [2.45, 2.75) is 50.0 Å². The van der Waals surface area contributed by atoms with Gasteiger partial charge in [0.1, 0.15) is 5.82 Å². The van der Waals surface area contributed by atoms with Gasteiger partial charge in [-0.3, -0.25) is 0 Å². The van der Waals surface area contributed by atoms with Gasteiger partial charge in [-0.2, -0.15) is 5.26 Å². The number of carbonyl (C=O) groups excluding carboxylic acids is 1. The zero-order valence-corrected chi connectivity index (χ0v) is 20.0. The minimum absolute atomic E-state index is 0.00267. The highest BCUT2D eigenvalue weighted by Gasteiger charge is 2.64. The molecule has 0 spiro atoms. The summed E-state index contributed by atoms with van der Waals surface area (Å²) in [6, 6.07) is 14.5. The molecule has 7 heteroatoms. The summed E-state index contributed by atoms with van der Waals surface area (Å²) in [4.78, 5) is 17.9. The summed E-state index contributed by atoms with van der Waals surface area (Å²) < 4.78 is 13.6. The average Bonchev–Trinajstić information content (AvgIpc) is 3.49. The number of halogens is 2. The van der Waals surface area contributed by atoms with E-state index in [1.54, 1.807) is 6.07 Å². The summed E-state index contributed by atoms with van der Waals surface area (Å²) in [5.74, 6) is -0.106. The van der Waals surface area contributed by atoms with Crippen LogP contribution in [0.4, 0.5) is 14.9 Å². The molecule has 0 aromatic heterocycles. The zero-order valence-electron chi connectivity index (χ0n) is 19.3. The third kappa shape index (κ3) is 4.52. The van der Waals surface area contributed by atoms with Crippen LogP contribution in [0.15, 0.2) is 42.5 Å². The van der Waals surface area contributed by atoms with Crippen LogP contribution in [-0.4, -0.2) is 48.1 Å². The summed E-state index contributed by atoms with van der Waals surface area (Å²) >= 11 is 5.94. The lowest BCUT2D eigenvalue weighted by molar-refractivity contribution is 0.153. The number of fused-ring (bicyclic) bond motifs is 1. The lowest BCUT2D eigenvalue weighted by atomic mass is 9.92. The van der Waals surface area contributed by atoms with Gasteiger partial charge >= 0.3 is 6.03 Å². The second kappa shape index (κ2) is 9.56. The third-order valence-corrected chi connectivity index (χ3v) is 8.28. The van der Waals surface area contributed by atoms with Gasteiger partial charge in [0, 0.05) is 30.2 Å². The smallest absolute Gasteiger partial charge is 0.320 e. The van der Waals surface area contributed by atoms with E-state index in [9.17, 15) is 14.4 Å². The van der Waals surface area contributed by atoms with Gasteiger partial charge in [0.25, 0.3) is 0 Å². The van der Waals surface area contributed by atoms with Gasteiger partial charge in [0.15, 0.2) is 0 Å². The Morgan fingerprint density at radius 2 is 2.06 bits per heavy atom. The molecule has 0 unspecified atom stereocenters. The van der Waals surface area contributed by atoms with Crippen LogP contribution in [0.3, 0.4) is 0 Å². The van der Waals surface area contributed by atoms with Crippen LogP contribution >= 0.6 is 11.6 Å². The first-order chi connectivity index (χ1) is 16.5. The summed E-state index contributed by atoms with van der Waals surface area (Å²) in [6.07, 6.45) is 6.71. The molecule has 1 heterocycles. The fourth-order valence-corrected chi connectivity index (χ4v) is 6.28. The van der Waals surface area contributed by atoms with Crippen molar-refractivity contribution >= 4 is 23.3 Å². The quantitative estimate of drug-likeness (QED) is 0.569. The van der Waals surface area contributed by atoms with Gasteiger partial charge in [0.05, 0.1) is 16.7 Å². The fourth-order valence-electron chi connectivity index (χ4n) is 6.10. The Labute approximate surface area is 205 Å². The molecule has 1 saturated heterocycles. The molecule has 3 atom stereocenters. The van der Waals surface area contributed by atoms with Crippen LogP contribution in [0.2, 0.25) is 5.02 Å². The van der Waals surface area contributed by atoms with Crippen molar-refractivity contribution in [3.63, 3.8) is 0 Å². The number of nitrogens with one attached hydrogen (secondary N) is 1. The number of carbonyl (C=O) groups is 1. The molecular weight excluding hydrogens is 451 g/mol. The van der Waals surface area contributed by atoms with E-state index in [4.69, 9.17) is 11.6 Å². The highest BCUT2D eigenvalue weighted by atomic mass is 35.5. The molecular formula is C27H30ClFN4O. The van der Waals surface area contributed by atoms with E-state index in [0.29, 0.717) is 23.7 Å². The van der Waals surface area contributed by atoms with Gasteiger partial charge in [-0.25, -0.2) is 9.18 Å². The van der Waals surface area contributed by atoms with Gasteiger partial charge in [-0.05, 0) is 87.0 Å². The molecule has 5 rings (SSSR count). The monoisotopic (exact) mass is 480 g/mol. The Morgan fingerprint density at radius 1 is 1.24 bits per heavy atom. The topological polar surface area (TPSA) is 59.4 Å². The second-order valence-electron chi connectivity index (χ2n) is 9.92. The second-order valence-corrected chi connectivity index (χ2v) is 10.3. The number of rotatable bonds is 6. The van der Waals surface area contributed by atoms with Crippen molar-refractivity contribution in [1.29, 1.82) is 5.26 Å². The maximum atomic E-state index is 13.6. The Morgan fingerprint density at radius 3 is 2.79 bits per heavy atom. The van der Waals surface area contributed by atoms with E-state index in [1.807, 2.05) is 23.1 Å². The molecule has 34 heavy (non-hydrogen) atoms. The number of likely N-dealkylation sites (tertiary alicyclic amines) is 1. The fraction of sp³-hybridized carbons (Fsp3) is 0.481. The van der Waals surface area contributed by atoms with Crippen LogP contribution in [0, 0.1) is 23.1 Å². The maximum Gasteiger partial charge on any atom is 0.322 e. The van der Waals surface area contributed by atoms with Gasteiger partial charge in [-0.1, -0.05) is 30.2 Å². The minimum atomic E-state index is -0.500. The lowest BCUT2D eigenvalue weighted by Crippen LogP contribution is -2.47. The van der Waals surface area contributed by atoms with Crippen LogP contribution in [0.1, 0.15) is 49.7 Å². The third-order valence-electron chi connectivity index (χ3n) is 7.99. The first kappa shape index (κ1) is 23.1. The molecule has 0 radical (unpaired) electrons. The van der Waals surface area contributed by atoms with E-state index in [1.165, 1.54) is 37.0 Å². The van der Waals surface area contributed by atoms with E-state index in [-0.39, 0.29) is 22.5 Å². The molecule has 2 aromatic rings. The number of hydrogen-bond acceptors (Lipinski definition) is 3. The number of nitriles is 1. The summed E-state index contributed by atoms with van der Waals surface area (Å²) in [7, 11) is 0. The molecule has 2 amide bonds. The molecule has 1 aliphatic heterocycles. The Bertz CT molecular complexity index is 1110. The molecule has 3 aliphatic rings. The summed E-state index contributed by atoms with van der Waals surface area (Å²) in [5, 5.41) is 12.3. The molecule has 0 bridgehead atoms. The first-order valence-electron chi connectivity index (χ1n) is 12.3. The SMILES string of the molecule is N#Cc1cccc([C@]23CC[C@@H](N(CCN4CCCCC4)C(=O)Nc4ccc(F)c(Cl)c4)[C@H]2C3)c1. The van der Waals surface area contributed by atoms with Gasteiger partial charge in [0.2, 0.25) is 0 Å². The number of hydrogen-bond donors (Lipinski definition) is 1. The van der Waals surface area contributed by atoms with Gasteiger partial charge in [-0.15, -0.1) is 0 Å². The standard InChI is InChI=1S/C27H30ClFN4O/c28-23-16-21(7-8-24(23)29)31-26(34)33(14-13-32-11-2-1-3-12-32)25-9-10-27(17-22(25)27)20-6-4-5-19(15-20)18-30/h4-8,15-16,22,25H,1-3,9-14,17H2,(H,31,34)/t22-,25-,27-/m1/s1. The van der Waals surface area contributed by atoms with Crippen molar-refractivity contribution < 1.29 is 9.18 Å². The maximum absolute atomic E-state index is 13.6. The number of urea groups is 1. The highest BCUT2D eigenvalue weighted by molar-refractivity contribution is 6.31. The van der Waals surface area contributed by atoms with Crippen molar-refractivity contribution in [3.05, 3.63) is 64.4 Å². The van der Waals surface area contributed by atoms with Crippen LogP contribution in [0.5, 0.6) is 0 Å². The zero-order chi connectivity index (χ0) is 23.7. The molecule has 2 aromatic carbocycles. The number of anilines is 1. The Kier molecular flexibility index (Phi) is 6.50. The molecule has 2 aliphatic carbocycles. The normalized spacial score (nSPS) is 25.9. The van der Waals surface area contributed by atoms with Crippen molar-refractivity contribution in [1.82, 2.24) is 9.80 Å².